The van der Waals surface area contributed by atoms with E-state index in [0.29, 0.717) is 17.6 Å². The Morgan fingerprint density at radius 3 is 2.84 bits per heavy atom. The first-order chi connectivity index (χ1) is 9.25. The summed E-state index contributed by atoms with van der Waals surface area (Å²) in [6, 6.07) is 0.426. The molecule has 0 amide bonds. The Balaban J connectivity index is 2.08. The quantitative estimate of drug-likeness (QED) is 0.777. The molecule has 0 aliphatic heterocycles. The van der Waals surface area contributed by atoms with Gasteiger partial charge in [-0.2, -0.15) is 0 Å². The van der Waals surface area contributed by atoms with Gasteiger partial charge in [-0.1, -0.05) is 0 Å². The summed E-state index contributed by atoms with van der Waals surface area (Å²) in [5.41, 5.74) is 8.07. The van der Waals surface area contributed by atoms with Crippen LogP contribution in [-0.2, 0) is 0 Å². The van der Waals surface area contributed by atoms with E-state index in [9.17, 15) is 0 Å². The molecule has 96 valence electrons. The number of hydrogen-bond acceptors (Lipinski definition) is 6. The monoisotopic (exact) mass is 320 g/mol. The molecule has 1 fully saturated rings. The number of fused-ring (bicyclic) bond motifs is 1. The van der Waals surface area contributed by atoms with Crippen LogP contribution in [-0.4, -0.2) is 24.8 Å². The van der Waals surface area contributed by atoms with E-state index in [2.05, 4.69) is 45.4 Å². The molecule has 0 unspecified atom stereocenters. The standard InChI is InChI=1S/C11H9BrN6O/c12-6-3-14-4-7-9(6)18(5-1-2-5)11(15-7)8-10(13)17-19-16-8/h3-5H,1-2H2,(H2,13,17). The van der Waals surface area contributed by atoms with Gasteiger partial charge in [-0.25, -0.2) is 9.61 Å². The van der Waals surface area contributed by atoms with Crippen molar-refractivity contribution in [3.8, 4) is 11.5 Å². The van der Waals surface area contributed by atoms with Crippen LogP contribution in [0.1, 0.15) is 18.9 Å². The Hall–Kier alpha value is -1.96. The highest BCUT2D eigenvalue weighted by atomic mass is 79.9. The second-order valence-electron chi connectivity index (χ2n) is 4.52. The molecule has 1 aliphatic carbocycles. The van der Waals surface area contributed by atoms with Crippen LogP contribution in [0.2, 0.25) is 0 Å². The zero-order valence-corrected chi connectivity index (χ0v) is 11.3. The SMILES string of the molecule is Nc1nonc1-c1nc2cncc(Br)c2n1C1CC1. The molecule has 0 saturated heterocycles. The van der Waals surface area contributed by atoms with Gasteiger partial charge < -0.3 is 10.3 Å². The van der Waals surface area contributed by atoms with E-state index < -0.39 is 0 Å². The average molecular weight is 321 g/mol. The third-order valence-electron chi connectivity index (χ3n) is 3.19. The smallest absolute Gasteiger partial charge is 0.199 e. The maximum absolute atomic E-state index is 5.77. The molecule has 4 rings (SSSR count). The van der Waals surface area contributed by atoms with Crippen LogP contribution in [0.5, 0.6) is 0 Å². The summed E-state index contributed by atoms with van der Waals surface area (Å²) in [7, 11) is 0. The highest BCUT2D eigenvalue weighted by Gasteiger charge is 2.31. The summed E-state index contributed by atoms with van der Waals surface area (Å²) in [5.74, 6) is 0.936. The van der Waals surface area contributed by atoms with Crippen LogP contribution in [0.25, 0.3) is 22.6 Å². The van der Waals surface area contributed by atoms with Crippen LogP contribution in [0.15, 0.2) is 21.5 Å². The fourth-order valence-corrected chi connectivity index (χ4v) is 2.73. The van der Waals surface area contributed by atoms with Gasteiger partial charge in [-0.3, -0.25) is 4.98 Å². The van der Waals surface area contributed by atoms with Crippen molar-refractivity contribution in [2.24, 2.45) is 0 Å². The summed E-state index contributed by atoms with van der Waals surface area (Å²) in [6.07, 6.45) is 5.74. The van der Waals surface area contributed by atoms with Crippen molar-refractivity contribution in [1.82, 2.24) is 24.8 Å². The van der Waals surface area contributed by atoms with Gasteiger partial charge in [-0.15, -0.1) is 0 Å². The van der Waals surface area contributed by atoms with E-state index in [4.69, 9.17) is 5.73 Å². The van der Waals surface area contributed by atoms with E-state index in [0.717, 1.165) is 28.3 Å². The number of rotatable bonds is 2. The molecule has 1 saturated carbocycles. The van der Waals surface area contributed by atoms with E-state index in [-0.39, 0.29) is 5.82 Å². The lowest BCUT2D eigenvalue weighted by Crippen LogP contribution is -2.00. The minimum absolute atomic E-state index is 0.251. The second kappa shape index (κ2) is 3.77. The second-order valence-corrected chi connectivity index (χ2v) is 5.38. The van der Waals surface area contributed by atoms with Gasteiger partial charge in [0.1, 0.15) is 5.52 Å². The summed E-state index contributed by atoms with van der Waals surface area (Å²) in [5, 5.41) is 7.47. The molecule has 2 N–H and O–H groups in total. The van der Waals surface area contributed by atoms with Gasteiger partial charge in [0, 0.05) is 12.2 Å². The lowest BCUT2D eigenvalue weighted by Gasteiger charge is -2.06. The van der Waals surface area contributed by atoms with Crippen molar-refractivity contribution in [2.45, 2.75) is 18.9 Å². The molecule has 3 aromatic heterocycles. The summed E-state index contributed by atoms with van der Waals surface area (Å²) in [4.78, 5) is 8.70. The third kappa shape index (κ3) is 1.56. The molecule has 0 spiro atoms. The number of anilines is 1. The Kier molecular flexibility index (Phi) is 2.16. The lowest BCUT2D eigenvalue weighted by atomic mass is 10.4. The van der Waals surface area contributed by atoms with E-state index >= 15 is 0 Å². The molecule has 0 atom stereocenters. The Morgan fingerprint density at radius 2 is 2.16 bits per heavy atom. The van der Waals surface area contributed by atoms with Crippen molar-refractivity contribution < 1.29 is 4.63 Å². The zero-order valence-electron chi connectivity index (χ0n) is 9.75. The minimum atomic E-state index is 0.251. The van der Waals surface area contributed by atoms with Gasteiger partial charge in [0.25, 0.3) is 0 Å². The normalized spacial score (nSPS) is 15.2. The molecule has 3 aromatic rings. The van der Waals surface area contributed by atoms with E-state index in [1.807, 2.05) is 0 Å². The third-order valence-corrected chi connectivity index (χ3v) is 3.77. The predicted molar refractivity (Wildman–Crippen MR) is 71.2 cm³/mol. The summed E-state index contributed by atoms with van der Waals surface area (Å²) >= 11 is 3.52. The Morgan fingerprint density at radius 1 is 1.32 bits per heavy atom. The first-order valence-electron chi connectivity index (χ1n) is 5.85. The molecule has 0 radical (unpaired) electrons. The highest BCUT2D eigenvalue weighted by Crippen LogP contribution is 2.42. The zero-order chi connectivity index (χ0) is 13.0. The minimum Gasteiger partial charge on any atom is -0.379 e. The highest BCUT2D eigenvalue weighted by molar-refractivity contribution is 9.10. The van der Waals surface area contributed by atoms with Crippen molar-refractivity contribution in [3.63, 3.8) is 0 Å². The van der Waals surface area contributed by atoms with Gasteiger partial charge in [0.2, 0.25) is 0 Å². The Labute approximate surface area is 115 Å². The van der Waals surface area contributed by atoms with Crippen LogP contribution in [0.4, 0.5) is 5.82 Å². The maximum atomic E-state index is 5.77. The predicted octanol–water partition coefficient (Wildman–Crippen LogP) is 2.16. The van der Waals surface area contributed by atoms with E-state index in [1.54, 1.807) is 12.4 Å². The summed E-state index contributed by atoms with van der Waals surface area (Å²) in [6.45, 7) is 0. The number of aromatic nitrogens is 5. The molecule has 3 heterocycles. The topological polar surface area (TPSA) is 95.7 Å². The van der Waals surface area contributed by atoms with Crippen molar-refractivity contribution in [1.29, 1.82) is 0 Å². The number of hydrogen-bond donors (Lipinski definition) is 1. The van der Waals surface area contributed by atoms with E-state index in [1.165, 1.54) is 0 Å². The molecule has 19 heavy (non-hydrogen) atoms. The number of halogens is 1. The summed E-state index contributed by atoms with van der Waals surface area (Å²) < 4.78 is 7.72. The molecular formula is C11H9BrN6O. The van der Waals surface area contributed by atoms with Crippen LogP contribution in [0, 0.1) is 0 Å². The lowest BCUT2D eigenvalue weighted by molar-refractivity contribution is 0.310. The average Bonchev–Trinajstić information content (AvgIpc) is 3.02. The Bertz CT molecular complexity index is 775. The molecule has 0 aromatic carbocycles. The van der Waals surface area contributed by atoms with Crippen LogP contribution >= 0.6 is 15.9 Å². The van der Waals surface area contributed by atoms with Gasteiger partial charge in [0.15, 0.2) is 17.3 Å². The van der Waals surface area contributed by atoms with Crippen molar-refractivity contribution >= 4 is 32.8 Å². The fourth-order valence-electron chi connectivity index (χ4n) is 2.22. The largest absolute Gasteiger partial charge is 0.379 e. The van der Waals surface area contributed by atoms with Gasteiger partial charge in [0.05, 0.1) is 16.2 Å². The number of pyridine rings is 1. The molecule has 1 aliphatic rings. The number of imidazole rings is 1. The molecule has 7 nitrogen and oxygen atoms in total. The van der Waals surface area contributed by atoms with Crippen LogP contribution < -0.4 is 5.73 Å². The van der Waals surface area contributed by atoms with Crippen LogP contribution in [0.3, 0.4) is 0 Å². The molecule has 8 heteroatoms. The number of nitrogens with two attached hydrogens (primary N) is 1. The van der Waals surface area contributed by atoms with Crippen molar-refractivity contribution in [2.75, 3.05) is 5.73 Å². The van der Waals surface area contributed by atoms with Crippen molar-refractivity contribution in [3.05, 3.63) is 16.9 Å². The maximum Gasteiger partial charge on any atom is 0.199 e. The number of nitrogen functional groups attached to an aromatic ring is 1. The molecule has 0 bridgehead atoms. The first kappa shape index (κ1) is 10.9. The fraction of sp³-hybridized carbons (Fsp3) is 0.273. The molecular weight excluding hydrogens is 312 g/mol. The number of nitrogens with zero attached hydrogens (tertiary/aromatic N) is 5. The van der Waals surface area contributed by atoms with Gasteiger partial charge in [-0.05, 0) is 39.1 Å². The van der Waals surface area contributed by atoms with Gasteiger partial charge >= 0.3 is 0 Å². The first-order valence-corrected chi connectivity index (χ1v) is 6.65.